The lowest BCUT2D eigenvalue weighted by atomic mass is 10.2. The highest BCUT2D eigenvalue weighted by Crippen LogP contribution is 2.29. The van der Waals surface area contributed by atoms with Gasteiger partial charge in [-0.3, -0.25) is 4.79 Å². The Bertz CT molecular complexity index is 834. The predicted octanol–water partition coefficient (Wildman–Crippen LogP) is 3.65. The molecule has 1 heterocycles. The van der Waals surface area contributed by atoms with E-state index >= 15 is 0 Å². The first-order valence-electron chi connectivity index (χ1n) is 8.69. The molecule has 2 aromatic carbocycles. The van der Waals surface area contributed by atoms with Crippen LogP contribution in [0.15, 0.2) is 36.4 Å². The van der Waals surface area contributed by atoms with Gasteiger partial charge in [0.15, 0.2) is 18.2 Å². The first-order valence-corrected chi connectivity index (χ1v) is 8.69. The highest BCUT2D eigenvalue weighted by molar-refractivity contribution is 5.92. The van der Waals surface area contributed by atoms with Crippen LogP contribution in [-0.4, -0.2) is 25.6 Å². The van der Waals surface area contributed by atoms with Crippen LogP contribution in [0, 0.1) is 23.0 Å². The number of anilines is 2. The van der Waals surface area contributed by atoms with Crippen LogP contribution in [0.4, 0.5) is 20.2 Å². The molecular weight excluding hydrogens is 352 g/mol. The molecule has 0 atom stereocenters. The minimum atomic E-state index is -0.693. The fraction of sp³-hybridized carbons (Fsp3) is 0.300. The molecule has 5 nitrogen and oxygen atoms in total. The maximum atomic E-state index is 14.3. The average molecular weight is 371 g/mol. The quantitative estimate of drug-likeness (QED) is 0.842. The maximum Gasteiger partial charge on any atom is 0.262 e. The van der Waals surface area contributed by atoms with Gasteiger partial charge in [-0.25, -0.2) is 8.78 Å². The van der Waals surface area contributed by atoms with Gasteiger partial charge in [0.25, 0.3) is 5.91 Å². The van der Waals surface area contributed by atoms with E-state index in [-0.39, 0.29) is 18.0 Å². The average Bonchev–Trinajstić information content (AvgIpc) is 3.15. The van der Waals surface area contributed by atoms with E-state index in [2.05, 4.69) is 5.32 Å². The van der Waals surface area contributed by atoms with E-state index < -0.39 is 17.5 Å². The number of carbonyl (C=O) groups excluding carboxylic acids is 1. The summed E-state index contributed by atoms with van der Waals surface area (Å²) in [6.07, 6.45) is 2.11. The van der Waals surface area contributed by atoms with Gasteiger partial charge in [0.1, 0.15) is 11.4 Å². The summed E-state index contributed by atoms with van der Waals surface area (Å²) in [5, 5.41) is 11.1. The molecule has 1 saturated heterocycles. The van der Waals surface area contributed by atoms with Gasteiger partial charge < -0.3 is 15.0 Å². The molecule has 0 bridgehead atoms. The standard InChI is InChI=1S/C20H19F2N3O2/c21-17-11-15(12-18(22)20(17)25-9-1-2-10-25)24-19(26)13-27-16-5-3-14(4-6-16)7-8-23/h3-6,11-12H,1-2,7,9-10,13H2,(H,24,26). The first kappa shape index (κ1) is 18.6. The monoisotopic (exact) mass is 371 g/mol. The third-order valence-corrected chi connectivity index (χ3v) is 4.30. The number of nitrogens with one attached hydrogen (secondary N) is 1. The Morgan fingerprint density at radius 1 is 1.15 bits per heavy atom. The molecule has 1 aliphatic rings. The van der Waals surface area contributed by atoms with Crippen molar-refractivity contribution in [3.63, 3.8) is 0 Å². The summed E-state index contributed by atoms with van der Waals surface area (Å²) in [6.45, 7) is 0.954. The number of hydrogen-bond acceptors (Lipinski definition) is 4. The molecule has 7 heteroatoms. The van der Waals surface area contributed by atoms with Gasteiger partial charge in [0.2, 0.25) is 0 Å². The van der Waals surface area contributed by atoms with Crippen molar-refractivity contribution >= 4 is 17.3 Å². The van der Waals surface area contributed by atoms with E-state index in [4.69, 9.17) is 10.00 Å². The largest absolute Gasteiger partial charge is 0.484 e. The molecule has 1 aliphatic heterocycles. The Labute approximate surface area is 156 Å². The minimum absolute atomic E-state index is 0.0424. The normalized spacial score (nSPS) is 13.3. The molecule has 3 rings (SSSR count). The van der Waals surface area contributed by atoms with Crippen LogP contribution < -0.4 is 15.0 Å². The second-order valence-electron chi connectivity index (χ2n) is 6.30. The number of hydrogen-bond donors (Lipinski definition) is 1. The molecule has 1 N–H and O–H groups in total. The summed E-state index contributed by atoms with van der Waals surface area (Å²) in [4.78, 5) is 13.7. The predicted molar refractivity (Wildman–Crippen MR) is 97.7 cm³/mol. The van der Waals surface area contributed by atoms with Crippen molar-refractivity contribution in [1.82, 2.24) is 0 Å². The van der Waals surface area contributed by atoms with E-state index in [0.717, 1.165) is 30.5 Å². The lowest BCUT2D eigenvalue weighted by Crippen LogP contribution is -2.22. The highest BCUT2D eigenvalue weighted by Gasteiger charge is 2.21. The Hall–Kier alpha value is -3.14. The van der Waals surface area contributed by atoms with E-state index in [0.29, 0.717) is 25.3 Å². The summed E-state index contributed by atoms with van der Waals surface area (Å²) in [5.74, 6) is -1.44. The van der Waals surface area contributed by atoms with E-state index in [9.17, 15) is 13.6 Å². The SMILES string of the molecule is N#CCc1ccc(OCC(=O)Nc2cc(F)c(N3CCCC3)c(F)c2)cc1. The van der Waals surface area contributed by atoms with Crippen LogP contribution in [0.2, 0.25) is 0 Å². The lowest BCUT2D eigenvalue weighted by molar-refractivity contribution is -0.118. The summed E-state index contributed by atoms with van der Waals surface area (Å²) in [5.41, 5.74) is 0.850. The summed E-state index contributed by atoms with van der Waals surface area (Å²) in [7, 11) is 0. The molecule has 0 saturated carbocycles. The highest BCUT2D eigenvalue weighted by atomic mass is 19.1. The third-order valence-electron chi connectivity index (χ3n) is 4.30. The molecule has 1 fully saturated rings. The molecule has 2 aromatic rings. The van der Waals surface area contributed by atoms with Gasteiger partial charge in [0.05, 0.1) is 12.5 Å². The van der Waals surface area contributed by atoms with Crippen LogP contribution in [-0.2, 0) is 11.2 Å². The number of nitriles is 1. The van der Waals surface area contributed by atoms with Crippen LogP contribution in [0.5, 0.6) is 5.75 Å². The molecular formula is C20H19F2N3O2. The molecule has 0 aliphatic carbocycles. The van der Waals surface area contributed by atoms with Crippen molar-refractivity contribution in [1.29, 1.82) is 5.26 Å². The Kier molecular flexibility index (Phi) is 5.87. The lowest BCUT2D eigenvalue weighted by Gasteiger charge is -2.19. The zero-order valence-electron chi connectivity index (χ0n) is 14.7. The minimum Gasteiger partial charge on any atom is -0.484 e. The molecule has 1 amide bonds. The first-order chi connectivity index (χ1) is 13.1. The van der Waals surface area contributed by atoms with Crippen LogP contribution in [0.25, 0.3) is 0 Å². The summed E-state index contributed by atoms with van der Waals surface area (Å²) < 4.78 is 33.9. The van der Waals surface area contributed by atoms with Gasteiger partial charge in [-0.15, -0.1) is 0 Å². The topological polar surface area (TPSA) is 65.4 Å². The Morgan fingerprint density at radius 2 is 1.78 bits per heavy atom. The zero-order chi connectivity index (χ0) is 19.2. The number of amides is 1. The van der Waals surface area contributed by atoms with Gasteiger partial charge in [-0.1, -0.05) is 12.1 Å². The smallest absolute Gasteiger partial charge is 0.262 e. The second kappa shape index (κ2) is 8.49. The second-order valence-corrected chi connectivity index (χ2v) is 6.30. The molecule has 0 aromatic heterocycles. The van der Waals surface area contributed by atoms with Crippen molar-refractivity contribution < 1.29 is 18.3 Å². The van der Waals surface area contributed by atoms with Crippen molar-refractivity contribution in [3.05, 3.63) is 53.6 Å². The number of carbonyl (C=O) groups is 1. The molecule has 140 valence electrons. The van der Waals surface area contributed by atoms with Crippen molar-refractivity contribution in [2.75, 3.05) is 29.9 Å². The number of rotatable bonds is 6. The van der Waals surface area contributed by atoms with Gasteiger partial charge in [-0.05, 0) is 42.7 Å². The number of ether oxygens (including phenoxy) is 1. The Morgan fingerprint density at radius 3 is 2.37 bits per heavy atom. The summed E-state index contributed by atoms with van der Waals surface area (Å²) >= 11 is 0. The van der Waals surface area contributed by atoms with Crippen LogP contribution in [0.1, 0.15) is 18.4 Å². The number of benzene rings is 2. The Balaban J connectivity index is 1.58. The van der Waals surface area contributed by atoms with E-state index in [1.165, 1.54) is 0 Å². The van der Waals surface area contributed by atoms with Crippen molar-refractivity contribution in [2.24, 2.45) is 0 Å². The molecule has 0 spiro atoms. The zero-order valence-corrected chi connectivity index (χ0v) is 14.7. The van der Waals surface area contributed by atoms with E-state index in [1.54, 1.807) is 29.2 Å². The van der Waals surface area contributed by atoms with Gasteiger partial charge in [0, 0.05) is 18.8 Å². The van der Waals surface area contributed by atoms with Gasteiger partial charge >= 0.3 is 0 Å². The molecule has 0 radical (unpaired) electrons. The number of nitrogens with zero attached hydrogens (tertiary/aromatic N) is 2. The maximum absolute atomic E-state index is 14.3. The van der Waals surface area contributed by atoms with E-state index in [1.807, 2.05) is 6.07 Å². The molecule has 27 heavy (non-hydrogen) atoms. The summed E-state index contributed by atoms with van der Waals surface area (Å²) in [6, 6.07) is 11.1. The molecule has 0 unspecified atom stereocenters. The van der Waals surface area contributed by atoms with Crippen molar-refractivity contribution in [3.8, 4) is 11.8 Å². The number of halogens is 2. The van der Waals surface area contributed by atoms with Crippen LogP contribution in [0.3, 0.4) is 0 Å². The fourth-order valence-electron chi connectivity index (χ4n) is 3.02. The fourth-order valence-corrected chi connectivity index (χ4v) is 3.02. The van der Waals surface area contributed by atoms with Gasteiger partial charge in [-0.2, -0.15) is 5.26 Å². The third kappa shape index (κ3) is 4.73. The van der Waals surface area contributed by atoms with Crippen LogP contribution >= 0.6 is 0 Å². The van der Waals surface area contributed by atoms with Crippen molar-refractivity contribution in [2.45, 2.75) is 19.3 Å².